The highest BCUT2D eigenvalue weighted by Gasteiger charge is 2.32. The largest absolute Gasteiger partial charge is 0.382 e. The Morgan fingerprint density at radius 1 is 1.30 bits per heavy atom. The number of nitrogens with one attached hydrogen (secondary N) is 1. The van der Waals surface area contributed by atoms with Crippen molar-refractivity contribution in [2.45, 2.75) is 39.9 Å². The van der Waals surface area contributed by atoms with E-state index in [1.165, 1.54) is 21.4 Å². The second-order valence-corrected chi connectivity index (χ2v) is 7.51. The molecule has 1 aromatic heterocycles. The third-order valence-electron chi connectivity index (χ3n) is 3.98. The Bertz CT molecular complexity index is 1020. The highest BCUT2D eigenvalue weighted by molar-refractivity contribution is 7.17. The first-order valence-electron chi connectivity index (χ1n) is 10.1. The van der Waals surface area contributed by atoms with Crippen LogP contribution in [0.4, 0.5) is 13.2 Å². The third kappa shape index (κ3) is 7.42. The lowest BCUT2D eigenvalue weighted by atomic mass is 10.1. The van der Waals surface area contributed by atoms with Gasteiger partial charge in [0.1, 0.15) is 17.4 Å². The van der Waals surface area contributed by atoms with Gasteiger partial charge in [-0.25, -0.2) is 4.39 Å². The maximum Gasteiger partial charge on any atom is 0.320 e. The van der Waals surface area contributed by atoms with Crippen molar-refractivity contribution in [3.05, 3.63) is 57.0 Å². The van der Waals surface area contributed by atoms with Gasteiger partial charge < -0.3 is 15.2 Å². The lowest BCUT2D eigenvalue weighted by Gasteiger charge is -2.30. The molecule has 1 aliphatic rings. The van der Waals surface area contributed by atoms with Crippen LogP contribution in [0.1, 0.15) is 45.0 Å². The highest BCUT2D eigenvalue weighted by Crippen LogP contribution is 2.32. The van der Waals surface area contributed by atoms with Crippen LogP contribution in [0.2, 0.25) is 10.0 Å². The first kappa shape index (κ1) is 28.9. The molecule has 1 atom stereocenters. The topological polar surface area (TPSA) is 104 Å². The van der Waals surface area contributed by atoms with Gasteiger partial charge in [0.25, 0.3) is 5.89 Å². The molecule has 13 heteroatoms. The van der Waals surface area contributed by atoms with Gasteiger partial charge in [0.15, 0.2) is 0 Å². The van der Waals surface area contributed by atoms with Crippen LogP contribution in [0.3, 0.4) is 0 Å². The molecule has 0 radical (unpaired) electrons. The van der Waals surface area contributed by atoms with E-state index in [2.05, 4.69) is 15.1 Å². The van der Waals surface area contributed by atoms with E-state index in [0.717, 1.165) is 6.07 Å². The SMILES string of the molecule is CC.CC.N=C(/C=C1\C(N)=NCCN1Cc1c(Cl)ccc(F)c1Cl)c1nc(C(F)(F)P)no1. The van der Waals surface area contributed by atoms with Crippen LogP contribution in [0.15, 0.2) is 33.4 Å². The van der Waals surface area contributed by atoms with Crippen molar-refractivity contribution < 1.29 is 17.7 Å². The molecule has 2 aromatic rings. The summed E-state index contributed by atoms with van der Waals surface area (Å²) in [5.41, 5.74) is 2.82. The summed E-state index contributed by atoms with van der Waals surface area (Å²) >= 11 is 12.2. The number of halogens is 5. The lowest BCUT2D eigenvalue weighted by molar-refractivity contribution is 0.0899. The Balaban J connectivity index is 0.00000129. The molecule has 33 heavy (non-hydrogen) atoms. The zero-order chi connectivity index (χ0) is 25.3. The maximum absolute atomic E-state index is 13.8. The molecular weight excluding hydrogens is 499 g/mol. The number of rotatable bonds is 5. The van der Waals surface area contributed by atoms with Crippen molar-refractivity contribution >= 4 is 44.0 Å². The van der Waals surface area contributed by atoms with Crippen molar-refractivity contribution in [3.8, 4) is 0 Å². The molecule has 0 spiro atoms. The van der Waals surface area contributed by atoms with Crippen LogP contribution in [-0.2, 0) is 12.2 Å². The van der Waals surface area contributed by atoms with E-state index in [1.54, 1.807) is 4.90 Å². The second kappa shape index (κ2) is 12.9. The summed E-state index contributed by atoms with van der Waals surface area (Å²) in [5.74, 6) is -1.82. The number of hydrogen-bond acceptors (Lipinski definition) is 7. The molecule has 1 aromatic carbocycles. The van der Waals surface area contributed by atoms with E-state index in [9.17, 15) is 13.2 Å². The smallest absolute Gasteiger partial charge is 0.320 e. The summed E-state index contributed by atoms with van der Waals surface area (Å²) in [4.78, 5) is 9.31. The predicted octanol–water partition coefficient (Wildman–Crippen LogP) is 5.62. The first-order valence-corrected chi connectivity index (χ1v) is 11.4. The molecule has 7 nitrogen and oxygen atoms in total. The van der Waals surface area contributed by atoms with Gasteiger partial charge in [0.05, 0.1) is 17.3 Å². The number of aliphatic imine (C=N–C) groups is 1. The summed E-state index contributed by atoms with van der Waals surface area (Å²) in [6, 6.07) is 2.54. The molecule has 182 valence electrons. The van der Waals surface area contributed by atoms with Gasteiger partial charge in [-0.15, -0.1) is 0 Å². The van der Waals surface area contributed by atoms with Gasteiger partial charge in [-0.2, -0.15) is 13.8 Å². The van der Waals surface area contributed by atoms with Gasteiger partial charge in [0.2, 0.25) is 5.82 Å². The number of allylic oxidation sites excluding steroid dienone is 1. The minimum atomic E-state index is -3.39. The van der Waals surface area contributed by atoms with Crippen molar-refractivity contribution in [1.29, 1.82) is 5.41 Å². The predicted molar refractivity (Wildman–Crippen MR) is 129 cm³/mol. The molecule has 2 heterocycles. The van der Waals surface area contributed by atoms with Gasteiger partial charge in [0, 0.05) is 23.7 Å². The zero-order valence-corrected chi connectivity index (χ0v) is 21.3. The van der Waals surface area contributed by atoms with Crippen molar-refractivity contribution in [2.75, 3.05) is 13.1 Å². The summed E-state index contributed by atoms with van der Waals surface area (Å²) < 4.78 is 45.1. The molecule has 1 unspecified atom stereocenters. The minimum absolute atomic E-state index is 0.0868. The zero-order valence-electron chi connectivity index (χ0n) is 18.6. The Morgan fingerprint density at radius 3 is 2.52 bits per heavy atom. The highest BCUT2D eigenvalue weighted by atomic mass is 35.5. The van der Waals surface area contributed by atoms with Gasteiger partial charge in [-0.05, 0) is 18.2 Å². The fraction of sp³-hybridized carbons (Fsp3) is 0.400. The quantitative estimate of drug-likeness (QED) is 0.300. The number of benzene rings is 1. The molecule has 3 N–H and O–H groups in total. The molecule has 0 amide bonds. The van der Waals surface area contributed by atoms with Crippen LogP contribution < -0.4 is 5.73 Å². The van der Waals surface area contributed by atoms with E-state index in [4.69, 9.17) is 38.9 Å². The number of nitrogens with two attached hydrogens (primary N) is 1. The van der Waals surface area contributed by atoms with Crippen LogP contribution in [0, 0.1) is 11.2 Å². The minimum Gasteiger partial charge on any atom is -0.382 e. The third-order valence-corrected chi connectivity index (χ3v) is 5.00. The Labute approximate surface area is 202 Å². The van der Waals surface area contributed by atoms with E-state index >= 15 is 0 Å². The van der Waals surface area contributed by atoms with Crippen molar-refractivity contribution in [3.63, 3.8) is 0 Å². The number of nitrogens with zero attached hydrogens (tertiary/aromatic N) is 4. The Kier molecular flexibility index (Phi) is 11.3. The number of aromatic nitrogens is 2. The summed E-state index contributed by atoms with van der Waals surface area (Å²) in [6.45, 7) is 8.82. The van der Waals surface area contributed by atoms with E-state index in [1.807, 2.05) is 27.7 Å². The molecule has 3 rings (SSSR count). The number of hydrogen-bond donors (Lipinski definition) is 2. The molecule has 0 saturated heterocycles. The van der Waals surface area contributed by atoms with Crippen LogP contribution >= 0.6 is 32.4 Å². The van der Waals surface area contributed by atoms with Crippen molar-refractivity contribution in [1.82, 2.24) is 15.0 Å². The number of amidine groups is 1. The summed E-state index contributed by atoms with van der Waals surface area (Å²) in [6.07, 6.45) is 1.25. The normalized spacial score (nSPS) is 14.7. The Hall–Kier alpha value is -2.16. The molecule has 1 aliphatic heterocycles. The van der Waals surface area contributed by atoms with Crippen LogP contribution in [0.25, 0.3) is 0 Å². The average molecular weight is 525 g/mol. The van der Waals surface area contributed by atoms with Gasteiger partial charge >= 0.3 is 5.66 Å². The molecule has 0 fully saturated rings. The molecule has 0 bridgehead atoms. The van der Waals surface area contributed by atoms with Crippen LogP contribution in [0.5, 0.6) is 0 Å². The fourth-order valence-electron chi connectivity index (χ4n) is 2.56. The Morgan fingerprint density at radius 2 is 1.94 bits per heavy atom. The van der Waals surface area contributed by atoms with E-state index in [0.29, 0.717) is 18.7 Å². The molecular formula is C20H26Cl2F3N6OP. The monoisotopic (exact) mass is 524 g/mol. The van der Waals surface area contributed by atoms with Crippen LogP contribution in [-0.4, -0.2) is 39.7 Å². The standard InChI is InChI=1S/C16H14Cl2F3N6OP.2C2H6/c17-8-1-2-9(19)12(18)7(8)6-27-4-3-24-13(23)11(27)5-10(22)14-25-15(26-28-14)16(20,21)29;2*1-2/h1-2,5,22H,3-4,6,29H2,(H2,23,24);2*1-2H3/b11-5+,22-10?;;. The first-order chi connectivity index (χ1) is 15.6. The lowest BCUT2D eigenvalue weighted by Crippen LogP contribution is -2.38. The van der Waals surface area contributed by atoms with Gasteiger partial charge in [-0.3, -0.25) is 10.4 Å². The second-order valence-electron chi connectivity index (χ2n) is 6.00. The maximum atomic E-state index is 13.8. The molecule has 0 saturated carbocycles. The fourth-order valence-corrected chi connectivity index (χ4v) is 3.16. The van der Waals surface area contributed by atoms with Crippen molar-refractivity contribution in [2.24, 2.45) is 10.7 Å². The summed E-state index contributed by atoms with van der Waals surface area (Å²) in [5, 5.41) is 11.4. The average Bonchev–Trinajstić information content (AvgIpc) is 3.30. The van der Waals surface area contributed by atoms with E-state index < -0.39 is 23.2 Å². The summed E-state index contributed by atoms with van der Waals surface area (Å²) in [7, 11) is 1.28. The number of alkyl halides is 2. The molecule has 0 aliphatic carbocycles. The van der Waals surface area contributed by atoms with Gasteiger partial charge in [-0.1, -0.05) is 65.3 Å². The van der Waals surface area contributed by atoms with E-state index in [-0.39, 0.29) is 33.8 Å².